The Hall–Kier alpha value is -3.25. The van der Waals surface area contributed by atoms with Crippen LogP contribution in [-0.4, -0.2) is 48.4 Å². The van der Waals surface area contributed by atoms with E-state index in [0.29, 0.717) is 27.8 Å². The Kier molecular flexibility index (Phi) is 6.47. The van der Waals surface area contributed by atoms with Crippen molar-refractivity contribution in [1.29, 1.82) is 0 Å². The number of nitrogens with two attached hydrogens (primary N) is 1. The van der Waals surface area contributed by atoms with Crippen LogP contribution in [0.25, 0.3) is 0 Å². The zero-order valence-electron chi connectivity index (χ0n) is 16.5. The predicted octanol–water partition coefficient (Wildman–Crippen LogP) is 2.91. The molecule has 158 valence electrons. The smallest absolute Gasteiger partial charge is 0.252 e. The first-order valence-corrected chi connectivity index (χ1v) is 10.4. The van der Waals surface area contributed by atoms with Gasteiger partial charge in [0.2, 0.25) is 0 Å². The fourth-order valence-electron chi connectivity index (χ4n) is 2.67. The molecule has 0 fully saturated rings. The lowest BCUT2D eigenvalue weighted by atomic mass is 10.2. The van der Waals surface area contributed by atoms with E-state index >= 15 is 0 Å². The van der Waals surface area contributed by atoms with Crippen molar-refractivity contribution < 1.29 is 13.9 Å². The van der Waals surface area contributed by atoms with Crippen molar-refractivity contribution in [3.05, 3.63) is 66.2 Å². The molecule has 30 heavy (non-hydrogen) atoms. The molecule has 0 saturated heterocycles. The molecule has 0 aliphatic carbocycles. The Balaban J connectivity index is 1.88. The maximum absolute atomic E-state index is 11.8. The lowest BCUT2D eigenvalue weighted by Gasteiger charge is -2.39. The Morgan fingerprint density at radius 3 is 2.57 bits per heavy atom. The first kappa shape index (κ1) is 21.5. The minimum Gasteiger partial charge on any atom is -0.380 e. The van der Waals surface area contributed by atoms with Crippen molar-refractivity contribution in [2.45, 2.75) is 11.4 Å². The zero-order chi connectivity index (χ0) is 21.7. The van der Waals surface area contributed by atoms with Crippen LogP contribution in [0.4, 0.5) is 17.3 Å². The summed E-state index contributed by atoms with van der Waals surface area (Å²) in [6.07, 6.45) is 6.00. The van der Waals surface area contributed by atoms with Crippen LogP contribution in [-0.2, 0) is 6.54 Å². The molecular weight excluding hydrogens is 406 g/mol. The van der Waals surface area contributed by atoms with Gasteiger partial charge >= 0.3 is 0 Å². The molecule has 0 unspecified atom stereocenters. The van der Waals surface area contributed by atoms with Crippen LogP contribution in [0.3, 0.4) is 0 Å². The third kappa shape index (κ3) is 4.83. The summed E-state index contributed by atoms with van der Waals surface area (Å²) in [6.45, 7) is 0.231. The number of hydrogen-bond donors (Lipinski definition) is 5. The van der Waals surface area contributed by atoms with Crippen LogP contribution in [0, 0.1) is 0 Å². The average molecular weight is 430 g/mol. The third-order valence-corrected chi connectivity index (χ3v) is 6.24. The Morgan fingerprint density at radius 2 is 1.90 bits per heavy atom. The van der Waals surface area contributed by atoms with Crippen molar-refractivity contribution in [3.8, 4) is 0 Å². The van der Waals surface area contributed by atoms with E-state index in [-0.39, 0.29) is 12.1 Å². The third-order valence-electron chi connectivity index (χ3n) is 4.23. The van der Waals surface area contributed by atoms with Gasteiger partial charge in [-0.25, -0.2) is 14.3 Å². The largest absolute Gasteiger partial charge is 0.380 e. The number of nitrogens with one attached hydrogen (secondary N) is 2. The number of amides is 1. The Labute approximate surface area is 175 Å². The molecule has 0 bridgehead atoms. The van der Waals surface area contributed by atoms with Crippen molar-refractivity contribution in [1.82, 2.24) is 19.3 Å². The fraction of sp³-hybridized carbons (Fsp3) is 0.158. The monoisotopic (exact) mass is 429 g/mol. The molecule has 1 amide bonds. The lowest BCUT2D eigenvalue weighted by molar-refractivity contribution is 0.100. The highest BCUT2D eigenvalue weighted by Crippen LogP contribution is 2.51. The molecule has 0 aliphatic heterocycles. The number of rotatable bonds is 8. The van der Waals surface area contributed by atoms with Gasteiger partial charge in [-0.3, -0.25) is 18.9 Å². The van der Waals surface area contributed by atoms with Gasteiger partial charge < -0.3 is 16.4 Å². The molecule has 6 N–H and O–H groups in total. The zero-order valence-corrected chi connectivity index (χ0v) is 17.3. The van der Waals surface area contributed by atoms with Crippen molar-refractivity contribution in [2.75, 3.05) is 24.7 Å². The number of aromatic nitrogens is 3. The highest BCUT2D eigenvalue weighted by molar-refractivity contribution is 8.22. The standard InChI is InChI=1S/C19H23N7O3S/c1-26(2)30(28,29)16-6-4-3-5-13(16)10-23-15-9-17(24-11-14(15)19(20)27)25-18-12-21-7-8-22-18/h3-9,11-12,28-29H,10H2,1-2H3,(H2,20,27)(H2,22,23,24,25). The van der Waals surface area contributed by atoms with Gasteiger partial charge in [0.15, 0.2) is 0 Å². The van der Waals surface area contributed by atoms with Gasteiger partial charge in [-0.1, -0.05) is 18.2 Å². The summed E-state index contributed by atoms with van der Waals surface area (Å²) in [5, 5.41) is 6.14. The van der Waals surface area contributed by atoms with E-state index in [1.54, 1.807) is 63.0 Å². The van der Waals surface area contributed by atoms with Gasteiger partial charge in [0.25, 0.3) is 5.91 Å². The summed E-state index contributed by atoms with van der Waals surface area (Å²) in [4.78, 5) is 24.5. The van der Waals surface area contributed by atoms with E-state index in [1.807, 2.05) is 0 Å². The molecule has 0 atom stereocenters. The number of carbonyl (C=O) groups is 1. The lowest BCUT2D eigenvalue weighted by Crippen LogP contribution is -2.20. The minimum atomic E-state index is -3.13. The van der Waals surface area contributed by atoms with Gasteiger partial charge in [0.05, 0.1) is 22.3 Å². The molecule has 11 heteroatoms. The molecule has 0 aliphatic rings. The van der Waals surface area contributed by atoms with Gasteiger partial charge in [0, 0.05) is 45.3 Å². The number of pyridine rings is 1. The molecule has 0 radical (unpaired) electrons. The van der Waals surface area contributed by atoms with E-state index in [2.05, 4.69) is 25.6 Å². The second-order valence-electron chi connectivity index (χ2n) is 6.49. The summed E-state index contributed by atoms with van der Waals surface area (Å²) in [5.41, 5.74) is 6.80. The van der Waals surface area contributed by atoms with Gasteiger partial charge in [-0.2, -0.15) is 0 Å². The molecule has 0 spiro atoms. The first-order chi connectivity index (χ1) is 14.3. The van der Waals surface area contributed by atoms with Crippen LogP contribution in [0.1, 0.15) is 15.9 Å². The van der Waals surface area contributed by atoms with E-state index in [0.717, 1.165) is 0 Å². The summed E-state index contributed by atoms with van der Waals surface area (Å²) < 4.78 is 22.4. The fourth-order valence-corrected chi connectivity index (χ4v) is 3.81. The highest BCUT2D eigenvalue weighted by atomic mass is 32.3. The van der Waals surface area contributed by atoms with Crippen LogP contribution >= 0.6 is 10.8 Å². The number of primary amides is 1. The molecule has 3 rings (SSSR count). The number of nitrogens with zero attached hydrogens (tertiary/aromatic N) is 4. The maximum Gasteiger partial charge on any atom is 0.252 e. The maximum atomic E-state index is 11.8. The SMILES string of the molecule is CN(C)S(O)(O)c1ccccc1CNc1cc(Nc2cnccn2)ncc1C(N)=O. The first-order valence-electron chi connectivity index (χ1n) is 8.89. The normalized spacial score (nSPS) is 11.9. The van der Waals surface area contributed by atoms with Gasteiger partial charge in [-0.05, 0) is 11.6 Å². The van der Waals surface area contributed by atoms with Crippen LogP contribution in [0.5, 0.6) is 0 Å². The van der Waals surface area contributed by atoms with E-state index in [1.165, 1.54) is 10.5 Å². The number of hydrogen-bond acceptors (Lipinski definition) is 9. The molecule has 10 nitrogen and oxygen atoms in total. The predicted molar refractivity (Wildman–Crippen MR) is 117 cm³/mol. The molecule has 0 saturated carbocycles. The Morgan fingerprint density at radius 1 is 1.13 bits per heavy atom. The van der Waals surface area contributed by atoms with Crippen LogP contribution in [0.2, 0.25) is 0 Å². The second kappa shape index (κ2) is 9.05. The topological polar surface area (TPSA) is 150 Å². The second-order valence-corrected chi connectivity index (χ2v) is 8.70. The number of carbonyl (C=O) groups excluding carboxylic acids is 1. The number of benzene rings is 1. The molecular formula is C19H23N7O3S. The summed E-state index contributed by atoms with van der Waals surface area (Å²) in [5.74, 6) is 0.295. The van der Waals surface area contributed by atoms with Gasteiger partial charge in [-0.15, -0.1) is 10.8 Å². The van der Waals surface area contributed by atoms with Gasteiger partial charge in [0.1, 0.15) is 11.6 Å². The Bertz CT molecular complexity index is 1030. The molecule has 2 heterocycles. The minimum absolute atomic E-state index is 0.205. The molecule has 3 aromatic rings. The summed E-state index contributed by atoms with van der Waals surface area (Å²) in [6, 6.07) is 8.61. The highest BCUT2D eigenvalue weighted by Gasteiger charge is 2.22. The van der Waals surface area contributed by atoms with Crippen molar-refractivity contribution in [2.24, 2.45) is 5.73 Å². The molecule has 1 aromatic carbocycles. The quantitative estimate of drug-likeness (QED) is 0.364. The summed E-state index contributed by atoms with van der Waals surface area (Å²) in [7, 11) is 0.0651. The van der Waals surface area contributed by atoms with Crippen molar-refractivity contribution >= 4 is 34.0 Å². The molecule has 2 aromatic heterocycles. The van der Waals surface area contributed by atoms with Crippen LogP contribution < -0.4 is 16.4 Å². The van der Waals surface area contributed by atoms with Crippen molar-refractivity contribution in [3.63, 3.8) is 0 Å². The van der Waals surface area contributed by atoms with E-state index in [9.17, 15) is 13.9 Å². The summed E-state index contributed by atoms with van der Waals surface area (Å²) >= 11 is 0. The van der Waals surface area contributed by atoms with Crippen LogP contribution in [0.15, 0.2) is 60.0 Å². The number of anilines is 3. The van der Waals surface area contributed by atoms with E-state index < -0.39 is 16.7 Å². The average Bonchev–Trinajstić information content (AvgIpc) is 2.73. The van der Waals surface area contributed by atoms with E-state index in [4.69, 9.17) is 5.73 Å².